The van der Waals surface area contributed by atoms with E-state index in [-0.39, 0.29) is 12.5 Å². The topological polar surface area (TPSA) is 50.8 Å². The first-order valence-corrected chi connectivity index (χ1v) is 6.34. The van der Waals surface area contributed by atoms with Crippen LogP contribution in [-0.2, 0) is 14.3 Å². The lowest BCUT2D eigenvalue weighted by Crippen LogP contribution is -2.44. The molecule has 1 amide bonds. The van der Waals surface area contributed by atoms with E-state index in [0.717, 1.165) is 15.8 Å². The van der Waals surface area contributed by atoms with Gasteiger partial charge in [-0.2, -0.15) is 0 Å². The van der Waals surface area contributed by atoms with E-state index in [0.29, 0.717) is 6.54 Å². The second-order valence-corrected chi connectivity index (χ2v) is 4.84. The molecule has 1 aromatic rings. The van der Waals surface area contributed by atoms with E-state index in [9.17, 15) is 4.79 Å². The van der Waals surface area contributed by atoms with Crippen LogP contribution in [0, 0.1) is 0 Å². The summed E-state index contributed by atoms with van der Waals surface area (Å²) < 4.78 is 11.3. The fraction of sp³-hybridized carbons (Fsp3) is 0.417. The highest BCUT2D eigenvalue weighted by atomic mass is 79.9. The van der Waals surface area contributed by atoms with Crippen molar-refractivity contribution in [3.05, 3.63) is 22.7 Å². The standard InChI is InChI=1S/C12H15BrN2O3/c1-17-12(18-2)7-15-10-4-3-8(13)5-9(10)14-6-11(15)16/h3-5,12,14H,6-7H2,1-2H3. The van der Waals surface area contributed by atoms with Gasteiger partial charge in [-0.3, -0.25) is 4.79 Å². The SMILES string of the molecule is COC(CN1C(=O)CNc2cc(Br)ccc21)OC. The van der Waals surface area contributed by atoms with E-state index in [1.54, 1.807) is 19.1 Å². The van der Waals surface area contributed by atoms with Crippen LogP contribution in [-0.4, -0.2) is 39.5 Å². The number of nitrogens with zero attached hydrogens (tertiary/aromatic N) is 1. The number of halogens is 1. The van der Waals surface area contributed by atoms with Crippen molar-refractivity contribution in [2.24, 2.45) is 0 Å². The van der Waals surface area contributed by atoms with E-state index in [4.69, 9.17) is 9.47 Å². The average Bonchev–Trinajstić information content (AvgIpc) is 2.38. The van der Waals surface area contributed by atoms with Gasteiger partial charge in [-0.25, -0.2) is 0 Å². The first kappa shape index (κ1) is 13.3. The molecule has 0 aromatic heterocycles. The molecule has 1 aliphatic rings. The molecular weight excluding hydrogens is 300 g/mol. The summed E-state index contributed by atoms with van der Waals surface area (Å²) in [7, 11) is 3.12. The maximum Gasteiger partial charge on any atom is 0.246 e. The molecule has 0 aliphatic carbocycles. The van der Waals surface area contributed by atoms with E-state index in [1.165, 1.54) is 0 Å². The van der Waals surface area contributed by atoms with Gasteiger partial charge < -0.3 is 19.7 Å². The number of rotatable bonds is 4. The molecule has 0 saturated heterocycles. The molecule has 0 atom stereocenters. The Morgan fingerprint density at radius 3 is 2.83 bits per heavy atom. The van der Waals surface area contributed by atoms with E-state index < -0.39 is 6.29 Å². The van der Waals surface area contributed by atoms with Gasteiger partial charge in [0, 0.05) is 18.7 Å². The van der Waals surface area contributed by atoms with Crippen LogP contribution in [0.25, 0.3) is 0 Å². The van der Waals surface area contributed by atoms with Crippen LogP contribution in [0.2, 0.25) is 0 Å². The molecule has 1 aromatic carbocycles. The number of nitrogens with one attached hydrogen (secondary N) is 1. The number of fused-ring (bicyclic) bond motifs is 1. The van der Waals surface area contributed by atoms with Gasteiger partial charge in [-0.15, -0.1) is 0 Å². The van der Waals surface area contributed by atoms with Gasteiger partial charge in [0.05, 0.1) is 24.5 Å². The van der Waals surface area contributed by atoms with Gasteiger partial charge in [-0.1, -0.05) is 15.9 Å². The minimum absolute atomic E-state index is 0.00363. The molecule has 6 heteroatoms. The third-order valence-electron chi connectivity index (χ3n) is 2.84. The Hall–Kier alpha value is -1.11. The molecular formula is C12H15BrN2O3. The number of carbonyl (C=O) groups is 1. The molecule has 0 radical (unpaired) electrons. The third kappa shape index (κ3) is 2.66. The number of anilines is 2. The Morgan fingerprint density at radius 1 is 1.44 bits per heavy atom. The monoisotopic (exact) mass is 314 g/mol. The van der Waals surface area contributed by atoms with Crippen molar-refractivity contribution in [3.8, 4) is 0 Å². The van der Waals surface area contributed by atoms with Crippen molar-refractivity contribution in [3.63, 3.8) is 0 Å². The largest absolute Gasteiger partial charge is 0.374 e. The predicted octanol–water partition coefficient (Wildman–Crippen LogP) is 1.83. The molecule has 0 fully saturated rings. The number of carbonyl (C=O) groups excluding carboxylic acids is 1. The maximum atomic E-state index is 11.9. The Labute approximate surface area is 114 Å². The molecule has 1 aliphatic heterocycles. The number of benzene rings is 1. The summed E-state index contributed by atoms with van der Waals surface area (Å²) >= 11 is 3.41. The summed E-state index contributed by atoms with van der Waals surface area (Å²) in [6.07, 6.45) is -0.427. The summed E-state index contributed by atoms with van der Waals surface area (Å²) in [6.45, 7) is 0.658. The first-order valence-electron chi connectivity index (χ1n) is 5.55. The van der Waals surface area contributed by atoms with Crippen molar-refractivity contribution in [2.75, 3.05) is 37.5 Å². The summed E-state index contributed by atoms with van der Waals surface area (Å²) in [6, 6.07) is 5.75. The second-order valence-electron chi connectivity index (χ2n) is 3.92. The second kappa shape index (κ2) is 5.69. The lowest BCUT2D eigenvalue weighted by molar-refractivity contribution is -0.121. The average molecular weight is 315 g/mol. The third-order valence-corrected chi connectivity index (χ3v) is 3.33. The number of ether oxygens (including phenoxy) is 2. The predicted molar refractivity (Wildman–Crippen MR) is 72.8 cm³/mol. The van der Waals surface area contributed by atoms with Crippen LogP contribution in [0.5, 0.6) is 0 Å². The van der Waals surface area contributed by atoms with Crippen LogP contribution in [0.3, 0.4) is 0 Å². The fourth-order valence-electron chi connectivity index (χ4n) is 1.88. The molecule has 5 nitrogen and oxygen atoms in total. The first-order chi connectivity index (χ1) is 8.65. The van der Waals surface area contributed by atoms with Gasteiger partial charge in [0.2, 0.25) is 5.91 Å². The minimum Gasteiger partial charge on any atom is -0.374 e. The van der Waals surface area contributed by atoms with Gasteiger partial charge in [0.1, 0.15) is 0 Å². The van der Waals surface area contributed by atoms with Crippen molar-refractivity contribution in [1.29, 1.82) is 0 Å². The van der Waals surface area contributed by atoms with E-state index in [2.05, 4.69) is 21.2 Å². The zero-order valence-corrected chi connectivity index (χ0v) is 11.9. The number of hydrogen-bond donors (Lipinski definition) is 1. The van der Waals surface area contributed by atoms with Gasteiger partial charge in [0.15, 0.2) is 6.29 Å². The van der Waals surface area contributed by atoms with Gasteiger partial charge >= 0.3 is 0 Å². The Morgan fingerprint density at radius 2 is 2.17 bits per heavy atom. The Balaban J connectivity index is 2.27. The normalized spacial score (nSPS) is 14.7. The molecule has 98 valence electrons. The number of methoxy groups -OCH3 is 2. The van der Waals surface area contributed by atoms with Gasteiger partial charge in [0.25, 0.3) is 0 Å². The molecule has 0 unspecified atom stereocenters. The smallest absolute Gasteiger partial charge is 0.246 e. The van der Waals surface area contributed by atoms with Crippen molar-refractivity contribution >= 4 is 33.2 Å². The molecule has 0 spiro atoms. The van der Waals surface area contributed by atoms with Crippen molar-refractivity contribution in [2.45, 2.75) is 6.29 Å². The quantitative estimate of drug-likeness (QED) is 0.861. The molecule has 18 heavy (non-hydrogen) atoms. The molecule has 1 N–H and O–H groups in total. The molecule has 1 heterocycles. The zero-order chi connectivity index (χ0) is 13.1. The van der Waals surface area contributed by atoms with Crippen molar-refractivity contribution in [1.82, 2.24) is 0 Å². The van der Waals surface area contributed by atoms with Gasteiger partial charge in [-0.05, 0) is 18.2 Å². The van der Waals surface area contributed by atoms with Crippen LogP contribution in [0.1, 0.15) is 0 Å². The van der Waals surface area contributed by atoms with E-state index in [1.807, 2.05) is 18.2 Å². The number of hydrogen-bond acceptors (Lipinski definition) is 4. The zero-order valence-electron chi connectivity index (χ0n) is 10.3. The van der Waals surface area contributed by atoms with E-state index >= 15 is 0 Å². The molecule has 2 rings (SSSR count). The highest BCUT2D eigenvalue weighted by Crippen LogP contribution is 2.32. The van der Waals surface area contributed by atoms with Crippen molar-refractivity contribution < 1.29 is 14.3 Å². The summed E-state index contributed by atoms with van der Waals surface area (Å²) in [5.74, 6) is 0.00363. The van der Waals surface area contributed by atoms with Crippen LogP contribution in [0.15, 0.2) is 22.7 Å². The van der Waals surface area contributed by atoms with Crippen LogP contribution < -0.4 is 10.2 Å². The minimum atomic E-state index is -0.427. The lowest BCUT2D eigenvalue weighted by Gasteiger charge is -2.32. The number of amides is 1. The maximum absolute atomic E-state index is 11.9. The van der Waals surface area contributed by atoms with Crippen LogP contribution in [0.4, 0.5) is 11.4 Å². The molecule has 0 bridgehead atoms. The molecule has 0 saturated carbocycles. The summed E-state index contributed by atoms with van der Waals surface area (Å²) in [5.41, 5.74) is 1.77. The van der Waals surface area contributed by atoms with Crippen LogP contribution >= 0.6 is 15.9 Å². The summed E-state index contributed by atoms with van der Waals surface area (Å²) in [5, 5.41) is 3.09. The summed E-state index contributed by atoms with van der Waals surface area (Å²) in [4.78, 5) is 13.6. The highest BCUT2D eigenvalue weighted by Gasteiger charge is 2.26. The lowest BCUT2D eigenvalue weighted by atomic mass is 10.2. The Bertz CT molecular complexity index is 449. The highest BCUT2D eigenvalue weighted by molar-refractivity contribution is 9.10. The Kier molecular flexibility index (Phi) is 4.21. The fourth-order valence-corrected chi connectivity index (χ4v) is 2.24.